The van der Waals surface area contributed by atoms with Gasteiger partial charge in [0.25, 0.3) is 0 Å². The molecule has 0 radical (unpaired) electrons. The smallest absolute Gasteiger partial charge is 0.145 e. The van der Waals surface area contributed by atoms with Gasteiger partial charge in [0.05, 0.1) is 10.9 Å². The Balaban J connectivity index is 3.21. The van der Waals surface area contributed by atoms with Crippen molar-refractivity contribution in [3.63, 3.8) is 0 Å². The summed E-state index contributed by atoms with van der Waals surface area (Å²) < 4.78 is 25.8. The number of phenolic OH excluding ortho intramolecular Hbond substituents is 1. The van der Waals surface area contributed by atoms with Crippen molar-refractivity contribution in [2.75, 3.05) is 5.33 Å². The van der Waals surface area contributed by atoms with Crippen LogP contribution in [0.25, 0.3) is 0 Å². The molecule has 0 aromatic heterocycles. The number of hydrogen-bond acceptors (Lipinski definition) is 1. The fraction of sp³-hybridized carbons (Fsp3) is 0.111. The molecule has 0 fully saturated rings. The Bertz CT molecular complexity index is 356. The van der Waals surface area contributed by atoms with Crippen molar-refractivity contribution in [2.24, 2.45) is 0 Å². The lowest BCUT2D eigenvalue weighted by molar-refractivity contribution is 0.459. The zero-order chi connectivity index (χ0) is 9.84. The van der Waals surface area contributed by atoms with Gasteiger partial charge in [-0.1, -0.05) is 27.8 Å². The molecule has 1 aromatic carbocycles. The van der Waals surface area contributed by atoms with E-state index in [1.165, 1.54) is 0 Å². The highest BCUT2D eigenvalue weighted by Crippen LogP contribution is 2.18. The van der Waals surface area contributed by atoms with Crippen LogP contribution < -0.4 is 0 Å². The quantitative estimate of drug-likeness (QED) is 0.551. The van der Waals surface area contributed by atoms with Gasteiger partial charge in [0.2, 0.25) is 0 Å². The molecule has 0 heterocycles. The zero-order valence-electron chi connectivity index (χ0n) is 6.44. The predicted octanol–water partition coefficient (Wildman–Crippen LogP) is 2.42. The van der Waals surface area contributed by atoms with Crippen LogP contribution in [0, 0.1) is 23.5 Å². The SMILES string of the molecule is Oc1cc(F)c(C#CCBr)c(F)c1. The number of benzene rings is 1. The van der Waals surface area contributed by atoms with E-state index in [4.69, 9.17) is 5.11 Å². The van der Waals surface area contributed by atoms with Crippen LogP contribution in [0.1, 0.15) is 5.56 Å². The lowest BCUT2D eigenvalue weighted by Crippen LogP contribution is -1.89. The van der Waals surface area contributed by atoms with E-state index in [0.29, 0.717) is 5.33 Å². The second-order valence-electron chi connectivity index (χ2n) is 2.22. The van der Waals surface area contributed by atoms with Crippen LogP contribution in [-0.2, 0) is 0 Å². The van der Waals surface area contributed by atoms with Crippen LogP contribution in [0.2, 0.25) is 0 Å². The first-order valence-corrected chi connectivity index (χ1v) is 4.50. The molecule has 0 aliphatic carbocycles. The van der Waals surface area contributed by atoms with Crippen molar-refractivity contribution in [3.8, 4) is 17.6 Å². The normalized spacial score (nSPS) is 9.15. The Morgan fingerprint density at radius 3 is 2.31 bits per heavy atom. The highest BCUT2D eigenvalue weighted by atomic mass is 79.9. The van der Waals surface area contributed by atoms with Gasteiger partial charge in [-0.15, -0.1) is 0 Å². The first-order chi connectivity index (χ1) is 6.15. The maximum Gasteiger partial charge on any atom is 0.145 e. The first kappa shape index (κ1) is 10.0. The molecule has 68 valence electrons. The van der Waals surface area contributed by atoms with Gasteiger partial charge >= 0.3 is 0 Å². The summed E-state index contributed by atoms with van der Waals surface area (Å²) in [6.45, 7) is 0. The molecule has 0 amide bonds. The second kappa shape index (κ2) is 4.24. The van der Waals surface area contributed by atoms with Crippen molar-refractivity contribution >= 4 is 15.9 Å². The molecule has 0 atom stereocenters. The molecule has 0 bridgehead atoms. The lowest BCUT2D eigenvalue weighted by atomic mass is 10.2. The fourth-order valence-corrected chi connectivity index (χ4v) is 0.941. The van der Waals surface area contributed by atoms with Crippen LogP contribution in [0.4, 0.5) is 8.78 Å². The monoisotopic (exact) mass is 246 g/mol. The molecule has 1 aromatic rings. The molecule has 0 aliphatic rings. The van der Waals surface area contributed by atoms with Crippen LogP contribution in [0.15, 0.2) is 12.1 Å². The van der Waals surface area contributed by atoms with E-state index < -0.39 is 17.4 Å². The molecular weight excluding hydrogens is 242 g/mol. The summed E-state index contributed by atoms with van der Waals surface area (Å²) in [6, 6.07) is 1.64. The van der Waals surface area contributed by atoms with E-state index in [2.05, 4.69) is 27.8 Å². The Hall–Kier alpha value is -1.08. The maximum absolute atomic E-state index is 12.9. The Morgan fingerprint density at radius 1 is 1.31 bits per heavy atom. The van der Waals surface area contributed by atoms with Gasteiger partial charge in [0, 0.05) is 12.1 Å². The molecule has 0 saturated carbocycles. The zero-order valence-corrected chi connectivity index (χ0v) is 8.03. The van der Waals surface area contributed by atoms with Gasteiger partial charge in [-0.05, 0) is 0 Å². The standard InChI is InChI=1S/C9H5BrF2O/c10-3-1-2-7-8(11)4-6(13)5-9(7)12/h4-5,13H,3H2. The molecule has 0 spiro atoms. The van der Waals surface area contributed by atoms with Gasteiger partial charge < -0.3 is 5.11 Å². The first-order valence-electron chi connectivity index (χ1n) is 3.38. The molecule has 4 heteroatoms. The van der Waals surface area contributed by atoms with Crippen LogP contribution in [0.5, 0.6) is 5.75 Å². The van der Waals surface area contributed by atoms with Gasteiger partial charge in [0.1, 0.15) is 17.4 Å². The molecule has 13 heavy (non-hydrogen) atoms. The van der Waals surface area contributed by atoms with E-state index >= 15 is 0 Å². The van der Waals surface area contributed by atoms with Crippen molar-refractivity contribution in [1.82, 2.24) is 0 Å². The van der Waals surface area contributed by atoms with Crippen LogP contribution >= 0.6 is 15.9 Å². The Kier molecular flexibility index (Phi) is 3.26. The summed E-state index contributed by atoms with van der Waals surface area (Å²) in [6.07, 6.45) is 0. The van der Waals surface area contributed by atoms with E-state index in [-0.39, 0.29) is 5.56 Å². The van der Waals surface area contributed by atoms with E-state index in [1.807, 2.05) is 0 Å². The molecular formula is C9H5BrF2O. The van der Waals surface area contributed by atoms with Gasteiger partial charge in [0.15, 0.2) is 0 Å². The van der Waals surface area contributed by atoms with Crippen LogP contribution in [-0.4, -0.2) is 10.4 Å². The number of halogens is 3. The molecule has 1 rings (SSSR count). The lowest BCUT2D eigenvalue weighted by Gasteiger charge is -1.97. The highest BCUT2D eigenvalue weighted by molar-refractivity contribution is 9.09. The predicted molar refractivity (Wildman–Crippen MR) is 48.7 cm³/mol. The fourth-order valence-electron chi connectivity index (χ4n) is 0.801. The van der Waals surface area contributed by atoms with Crippen molar-refractivity contribution < 1.29 is 13.9 Å². The summed E-state index contributed by atoms with van der Waals surface area (Å²) in [5.74, 6) is 2.61. The number of alkyl halides is 1. The summed E-state index contributed by atoms with van der Waals surface area (Å²) in [7, 11) is 0. The Morgan fingerprint density at radius 2 is 1.85 bits per heavy atom. The third-order valence-electron chi connectivity index (χ3n) is 1.31. The maximum atomic E-state index is 12.9. The largest absolute Gasteiger partial charge is 0.508 e. The topological polar surface area (TPSA) is 20.2 Å². The van der Waals surface area contributed by atoms with Crippen molar-refractivity contribution in [1.29, 1.82) is 0 Å². The Labute approximate surface area is 82.5 Å². The van der Waals surface area contributed by atoms with Crippen molar-refractivity contribution in [2.45, 2.75) is 0 Å². The molecule has 0 saturated heterocycles. The average molecular weight is 247 g/mol. The number of rotatable bonds is 0. The number of aromatic hydroxyl groups is 1. The minimum atomic E-state index is -0.856. The van der Waals surface area contributed by atoms with E-state index in [9.17, 15) is 8.78 Å². The number of hydrogen-bond donors (Lipinski definition) is 1. The molecule has 0 aliphatic heterocycles. The minimum absolute atomic E-state index is 0.322. The molecule has 0 unspecified atom stereocenters. The minimum Gasteiger partial charge on any atom is -0.508 e. The summed E-state index contributed by atoms with van der Waals surface area (Å²) >= 11 is 3.00. The molecule has 1 nitrogen and oxygen atoms in total. The third-order valence-corrected chi connectivity index (χ3v) is 1.59. The summed E-state index contributed by atoms with van der Waals surface area (Å²) in [4.78, 5) is 0. The van der Waals surface area contributed by atoms with Gasteiger partial charge in [-0.25, -0.2) is 8.78 Å². The summed E-state index contributed by atoms with van der Waals surface area (Å²) in [5.41, 5.74) is -0.322. The van der Waals surface area contributed by atoms with E-state index in [0.717, 1.165) is 12.1 Å². The molecule has 1 N–H and O–H groups in total. The van der Waals surface area contributed by atoms with Gasteiger partial charge in [-0.3, -0.25) is 0 Å². The van der Waals surface area contributed by atoms with Crippen LogP contribution in [0.3, 0.4) is 0 Å². The summed E-state index contributed by atoms with van der Waals surface area (Å²) in [5, 5.41) is 9.15. The van der Waals surface area contributed by atoms with Gasteiger partial charge in [-0.2, -0.15) is 0 Å². The second-order valence-corrected chi connectivity index (χ2v) is 2.78. The highest BCUT2D eigenvalue weighted by Gasteiger charge is 2.07. The average Bonchev–Trinajstić information content (AvgIpc) is 2.02. The third kappa shape index (κ3) is 2.43. The number of phenols is 1. The van der Waals surface area contributed by atoms with E-state index in [1.54, 1.807) is 0 Å². The van der Waals surface area contributed by atoms with Crippen molar-refractivity contribution in [3.05, 3.63) is 29.3 Å².